The van der Waals surface area contributed by atoms with Crippen LogP contribution in [0.2, 0.25) is 0 Å². The third kappa shape index (κ3) is 4.28. The number of fused-ring (bicyclic) bond motifs is 1. The molecule has 3 aromatic rings. The van der Waals surface area contributed by atoms with Crippen molar-refractivity contribution in [3.05, 3.63) is 70.1 Å². The summed E-state index contributed by atoms with van der Waals surface area (Å²) in [7, 11) is 0. The number of aryl methyl sites for hydroxylation is 1. The van der Waals surface area contributed by atoms with Crippen LogP contribution in [0.5, 0.6) is 5.75 Å². The van der Waals surface area contributed by atoms with E-state index < -0.39 is 23.3 Å². The largest absolute Gasteiger partial charge is 0.484 e. The van der Waals surface area contributed by atoms with Crippen molar-refractivity contribution in [1.29, 1.82) is 0 Å². The minimum atomic E-state index is -4.69. The number of hydrogen-bond acceptors (Lipinski definition) is 4. The fourth-order valence-corrected chi connectivity index (χ4v) is 2.52. The van der Waals surface area contributed by atoms with Crippen LogP contribution in [0.15, 0.2) is 57.7 Å². The molecule has 8 heteroatoms. The Kier molecular flexibility index (Phi) is 4.89. The number of benzene rings is 2. The summed E-state index contributed by atoms with van der Waals surface area (Å²) in [5, 5.41) is 2.40. The maximum Gasteiger partial charge on any atom is 0.417 e. The van der Waals surface area contributed by atoms with Gasteiger partial charge in [-0.1, -0.05) is 18.2 Å². The minimum absolute atomic E-state index is 0.102. The Morgan fingerprint density at radius 1 is 1.15 bits per heavy atom. The maximum absolute atomic E-state index is 13.0. The Bertz CT molecular complexity index is 1060. The molecule has 2 aromatic carbocycles. The first-order chi connectivity index (χ1) is 12.7. The van der Waals surface area contributed by atoms with Gasteiger partial charge in [0.25, 0.3) is 5.91 Å². The standard InChI is InChI=1S/C19H14F3NO4/c1-11-4-2-3-5-15(11)23-17(24)10-26-12-6-7-13-14(19(20,21)22)9-18(25)27-16(13)8-12/h2-9H,10H2,1H3,(H,23,24). The molecule has 27 heavy (non-hydrogen) atoms. The molecule has 0 fully saturated rings. The Balaban J connectivity index is 1.77. The number of nitrogens with one attached hydrogen (secondary N) is 1. The lowest BCUT2D eigenvalue weighted by molar-refractivity contribution is -0.136. The van der Waals surface area contributed by atoms with Gasteiger partial charge in [0.1, 0.15) is 11.3 Å². The van der Waals surface area contributed by atoms with Gasteiger partial charge >= 0.3 is 11.8 Å². The number of hydrogen-bond donors (Lipinski definition) is 1. The van der Waals surface area contributed by atoms with Crippen LogP contribution in [0.4, 0.5) is 18.9 Å². The lowest BCUT2D eigenvalue weighted by atomic mass is 10.1. The Hall–Kier alpha value is -3.29. The smallest absolute Gasteiger partial charge is 0.417 e. The number of alkyl halides is 3. The van der Waals surface area contributed by atoms with Gasteiger partial charge in [-0.05, 0) is 30.7 Å². The van der Waals surface area contributed by atoms with Crippen molar-refractivity contribution in [3.63, 3.8) is 0 Å². The average molecular weight is 377 g/mol. The summed E-state index contributed by atoms with van der Waals surface area (Å²) >= 11 is 0. The molecule has 5 nitrogen and oxygen atoms in total. The van der Waals surface area contributed by atoms with E-state index in [0.717, 1.165) is 17.7 Å². The molecule has 0 atom stereocenters. The van der Waals surface area contributed by atoms with Gasteiger partial charge < -0.3 is 14.5 Å². The summed E-state index contributed by atoms with van der Waals surface area (Å²) < 4.78 is 49.2. The highest BCUT2D eigenvalue weighted by Crippen LogP contribution is 2.34. The van der Waals surface area contributed by atoms with Crippen LogP contribution in [-0.4, -0.2) is 12.5 Å². The fourth-order valence-electron chi connectivity index (χ4n) is 2.52. The van der Waals surface area contributed by atoms with Crippen molar-refractivity contribution < 1.29 is 27.1 Å². The zero-order valence-corrected chi connectivity index (χ0v) is 14.1. The molecule has 3 rings (SSSR count). The van der Waals surface area contributed by atoms with E-state index in [2.05, 4.69) is 5.32 Å². The summed E-state index contributed by atoms with van der Waals surface area (Å²) in [4.78, 5) is 23.4. The van der Waals surface area contributed by atoms with E-state index >= 15 is 0 Å². The number of amides is 1. The number of ether oxygens (including phenoxy) is 1. The first kappa shape index (κ1) is 18.5. The molecule has 0 radical (unpaired) electrons. The number of para-hydroxylation sites is 1. The van der Waals surface area contributed by atoms with Crippen LogP contribution < -0.4 is 15.7 Å². The lowest BCUT2D eigenvalue weighted by Crippen LogP contribution is -2.20. The summed E-state index contributed by atoms with van der Waals surface area (Å²) in [6.45, 7) is 1.48. The molecule has 0 saturated heterocycles. The fraction of sp³-hybridized carbons (Fsp3) is 0.158. The van der Waals surface area contributed by atoms with Crippen molar-refractivity contribution in [1.82, 2.24) is 0 Å². The zero-order valence-electron chi connectivity index (χ0n) is 14.1. The normalized spacial score (nSPS) is 11.4. The van der Waals surface area contributed by atoms with Crippen molar-refractivity contribution in [3.8, 4) is 5.75 Å². The van der Waals surface area contributed by atoms with Crippen molar-refractivity contribution >= 4 is 22.6 Å². The van der Waals surface area contributed by atoms with Gasteiger partial charge in [-0.2, -0.15) is 13.2 Å². The van der Waals surface area contributed by atoms with Gasteiger partial charge in [0.05, 0.1) is 5.56 Å². The molecule has 0 aliphatic heterocycles. The second kappa shape index (κ2) is 7.14. The Morgan fingerprint density at radius 3 is 2.59 bits per heavy atom. The summed E-state index contributed by atoms with van der Waals surface area (Å²) in [5.74, 6) is -0.334. The van der Waals surface area contributed by atoms with E-state index in [-0.39, 0.29) is 23.3 Å². The quantitative estimate of drug-likeness (QED) is 0.694. The monoisotopic (exact) mass is 377 g/mol. The number of rotatable bonds is 4. The second-order valence-electron chi connectivity index (χ2n) is 5.79. The molecule has 0 unspecified atom stereocenters. The van der Waals surface area contributed by atoms with Crippen molar-refractivity contribution in [2.24, 2.45) is 0 Å². The third-order valence-electron chi connectivity index (χ3n) is 3.81. The van der Waals surface area contributed by atoms with E-state index in [9.17, 15) is 22.8 Å². The van der Waals surface area contributed by atoms with Crippen molar-refractivity contribution in [2.75, 3.05) is 11.9 Å². The van der Waals surface area contributed by atoms with E-state index in [0.29, 0.717) is 11.8 Å². The molecule has 1 N–H and O–H groups in total. The number of halogens is 3. The first-order valence-corrected chi connectivity index (χ1v) is 7.87. The molecular formula is C19H14F3NO4. The summed E-state index contributed by atoms with van der Waals surface area (Å²) in [6, 6.07) is 11.1. The van der Waals surface area contributed by atoms with Gasteiger partial charge in [-0.25, -0.2) is 4.79 Å². The van der Waals surface area contributed by atoms with Gasteiger partial charge in [0, 0.05) is 23.2 Å². The first-order valence-electron chi connectivity index (χ1n) is 7.87. The summed E-state index contributed by atoms with van der Waals surface area (Å²) in [6.07, 6.45) is -4.69. The highest BCUT2D eigenvalue weighted by atomic mass is 19.4. The SMILES string of the molecule is Cc1ccccc1NC(=O)COc1ccc2c(C(F)(F)F)cc(=O)oc2c1. The summed E-state index contributed by atoms with van der Waals surface area (Å²) in [5.41, 5.74) is -0.975. The van der Waals surface area contributed by atoms with E-state index in [1.54, 1.807) is 12.1 Å². The van der Waals surface area contributed by atoms with Crippen LogP contribution >= 0.6 is 0 Å². The maximum atomic E-state index is 13.0. The number of carbonyl (C=O) groups excluding carboxylic acids is 1. The van der Waals surface area contributed by atoms with Crippen LogP contribution in [0.1, 0.15) is 11.1 Å². The predicted octanol–water partition coefficient (Wildman–Crippen LogP) is 4.14. The molecule has 1 aromatic heterocycles. The number of carbonyl (C=O) groups is 1. The number of anilines is 1. The van der Waals surface area contributed by atoms with Gasteiger partial charge in [0.15, 0.2) is 6.61 Å². The lowest BCUT2D eigenvalue weighted by Gasteiger charge is -2.11. The van der Waals surface area contributed by atoms with E-state index in [1.165, 1.54) is 6.07 Å². The van der Waals surface area contributed by atoms with Crippen molar-refractivity contribution in [2.45, 2.75) is 13.1 Å². The molecular weight excluding hydrogens is 363 g/mol. The van der Waals surface area contributed by atoms with Gasteiger partial charge in [-0.3, -0.25) is 4.79 Å². The predicted molar refractivity (Wildman–Crippen MR) is 92.8 cm³/mol. The molecule has 140 valence electrons. The molecule has 0 spiro atoms. The Labute approximate surface area is 151 Å². The van der Waals surface area contributed by atoms with Gasteiger partial charge in [0.2, 0.25) is 0 Å². The van der Waals surface area contributed by atoms with E-state index in [1.807, 2.05) is 19.1 Å². The van der Waals surface area contributed by atoms with Crippen LogP contribution in [0.3, 0.4) is 0 Å². The molecule has 1 amide bonds. The van der Waals surface area contributed by atoms with E-state index in [4.69, 9.17) is 9.15 Å². The zero-order chi connectivity index (χ0) is 19.6. The molecule has 0 aliphatic rings. The molecule has 0 saturated carbocycles. The third-order valence-corrected chi connectivity index (χ3v) is 3.81. The second-order valence-corrected chi connectivity index (χ2v) is 5.79. The highest BCUT2D eigenvalue weighted by Gasteiger charge is 2.33. The topological polar surface area (TPSA) is 68.5 Å². The highest BCUT2D eigenvalue weighted by molar-refractivity contribution is 5.92. The van der Waals surface area contributed by atoms with Crippen LogP contribution in [-0.2, 0) is 11.0 Å². The Morgan fingerprint density at radius 2 is 1.89 bits per heavy atom. The average Bonchev–Trinajstić information content (AvgIpc) is 2.60. The minimum Gasteiger partial charge on any atom is -0.484 e. The molecule has 0 aliphatic carbocycles. The molecule has 1 heterocycles. The van der Waals surface area contributed by atoms with Gasteiger partial charge in [-0.15, -0.1) is 0 Å². The van der Waals surface area contributed by atoms with Crippen LogP contribution in [0, 0.1) is 6.92 Å². The molecule has 0 bridgehead atoms. The van der Waals surface area contributed by atoms with Crippen LogP contribution in [0.25, 0.3) is 11.0 Å².